The summed E-state index contributed by atoms with van der Waals surface area (Å²) >= 11 is -9.24. The average Bonchev–Trinajstić information content (AvgIpc) is 2.71. The molecule has 16 nitrogen and oxygen atoms in total. The zero-order chi connectivity index (χ0) is 33.4. The molecule has 224 valence electrons. The fourth-order valence-corrected chi connectivity index (χ4v) is 28.5. The number of Topliss-reactive ketones (excluding diaryl/α,β-unsaturated/α-hetero) is 8. The Hall–Kier alpha value is -3.88. The van der Waals surface area contributed by atoms with Crippen LogP contribution in [0.25, 0.3) is 0 Å². The molecule has 4 N–H and O–H groups in total. The molecule has 0 spiro atoms. The summed E-state index contributed by atoms with van der Waals surface area (Å²) in [6.45, 7) is 1.62. The molecule has 0 rings (SSSR count). The molecule has 0 atom stereocenters. The predicted molar refractivity (Wildman–Crippen MR) is 127 cm³/mol. The van der Waals surface area contributed by atoms with E-state index in [1.165, 1.54) is 0 Å². The van der Waals surface area contributed by atoms with Crippen LogP contribution in [0.4, 0.5) is 0 Å². The Balaban J connectivity index is 11.1. The van der Waals surface area contributed by atoms with E-state index in [0.717, 1.165) is 0 Å². The Morgan fingerprint density at radius 1 is 0.317 bits per heavy atom. The first kappa shape index (κ1) is 37.1. The van der Waals surface area contributed by atoms with E-state index in [1.807, 2.05) is 0 Å². The van der Waals surface area contributed by atoms with Crippen LogP contribution in [-0.4, -0.2) is 90.6 Å². The summed E-state index contributed by atoms with van der Waals surface area (Å²) in [6.07, 6.45) is 0. The number of hydrogen-bond donors (Lipinski definition) is 4. The van der Waals surface area contributed by atoms with Crippen molar-refractivity contribution in [2.45, 2.75) is 67.9 Å². The van der Waals surface area contributed by atoms with Gasteiger partial charge in [0.05, 0.1) is 0 Å². The van der Waals surface area contributed by atoms with Crippen molar-refractivity contribution in [3.63, 3.8) is 0 Å². The van der Waals surface area contributed by atoms with E-state index >= 15 is 0 Å². The van der Waals surface area contributed by atoms with Crippen LogP contribution in [0.3, 0.4) is 0 Å². The molecule has 0 radical (unpaired) electrons. The minimum absolute atomic E-state index is 0.202. The normalized spacial score (nSPS) is 12.5. The van der Waals surface area contributed by atoms with Crippen molar-refractivity contribution in [3.05, 3.63) is 0 Å². The van der Waals surface area contributed by atoms with Gasteiger partial charge in [-0.2, -0.15) is 0 Å². The molecule has 17 heteroatoms. The van der Waals surface area contributed by atoms with Crippen LogP contribution in [0.15, 0.2) is 0 Å². The van der Waals surface area contributed by atoms with E-state index in [9.17, 15) is 78.0 Å². The van der Waals surface area contributed by atoms with Gasteiger partial charge in [-0.15, -0.1) is 0 Å². The van der Waals surface area contributed by atoms with Gasteiger partial charge in [-0.25, -0.2) is 0 Å². The van der Waals surface area contributed by atoms with Crippen molar-refractivity contribution in [2.75, 3.05) is 0 Å². The summed E-state index contributed by atoms with van der Waals surface area (Å²) in [7, 11) is 0. The quantitative estimate of drug-likeness (QED) is 0.156. The van der Waals surface area contributed by atoms with Crippen molar-refractivity contribution in [1.29, 1.82) is 0 Å². The summed E-state index contributed by atoms with van der Waals surface area (Å²) in [5.41, 5.74) is 0. The van der Waals surface area contributed by atoms with Gasteiger partial charge < -0.3 is 0 Å². The van der Waals surface area contributed by atoms with Crippen molar-refractivity contribution < 1.29 is 98.2 Å². The first-order valence-corrected chi connectivity index (χ1v) is 16.3. The van der Waals surface area contributed by atoms with Gasteiger partial charge in [0, 0.05) is 0 Å². The third-order valence-electron chi connectivity index (χ3n) is 7.76. The molecule has 0 aromatic rings. The third kappa shape index (κ3) is 3.88. The predicted octanol–water partition coefficient (Wildman–Crippen LogP) is -0.174. The van der Waals surface area contributed by atoms with Crippen LogP contribution in [0.1, 0.15) is 55.4 Å². The van der Waals surface area contributed by atoms with Gasteiger partial charge in [0.1, 0.15) is 0 Å². The fraction of sp³-hybridized carbons (Fsp3) is 0.500. The molecule has 0 fully saturated rings. The first-order valence-electron chi connectivity index (χ1n) is 11.3. The Kier molecular flexibility index (Phi) is 10.5. The fourth-order valence-electron chi connectivity index (χ4n) is 6.64. The zero-order valence-electron chi connectivity index (χ0n) is 23.2. The summed E-state index contributed by atoms with van der Waals surface area (Å²) in [6, 6.07) is 0. The number of rotatable bonds is 16. The molecule has 0 bridgehead atoms. The van der Waals surface area contributed by atoms with Crippen molar-refractivity contribution in [2.24, 2.45) is 0 Å². The number of aliphatic carboxylic acids is 4. The average molecular weight is 664 g/mol. The number of carboxylic acids is 4. The Labute approximate surface area is 235 Å². The Bertz CT molecular complexity index is 999. The van der Waals surface area contributed by atoms with E-state index in [-0.39, 0.29) is 55.4 Å². The molecule has 0 aliphatic carbocycles. The molecule has 0 saturated carbocycles. The van der Waals surface area contributed by atoms with E-state index in [2.05, 4.69) is 0 Å². The summed E-state index contributed by atoms with van der Waals surface area (Å²) < 4.78 is -18.1. The van der Waals surface area contributed by atoms with Crippen LogP contribution in [0.2, 0.25) is 12.5 Å². The molecule has 0 aliphatic rings. The second-order valence-electron chi connectivity index (χ2n) is 9.42. The van der Waals surface area contributed by atoms with Crippen molar-refractivity contribution in [1.82, 2.24) is 0 Å². The van der Waals surface area contributed by atoms with E-state index < -0.39 is 103 Å². The Morgan fingerprint density at radius 2 is 0.415 bits per heavy atom. The Morgan fingerprint density at radius 3 is 0.463 bits per heavy atom. The number of hydrogen-bond acceptors (Lipinski definition) is 12. The van der Waals surface area contributed by atoms with E-state index in [4.69, 9.17) is 0 Å². The molecule has 0 heterocycles. The van der Waals surface area contributed by atoms with Gasteiger partial charge in [0.15, 0.2) is 0 Å². The van der Waals surface area contributed by atoms with Gasteiger partial charge in [-0.3, -0.25) is 0 Å². The van der Waals surface area contributed by atoms with Crippen LogP contribution in [-0.2, 0) is 77.8 Å². The minimum atomic E-state index is -9.24. The second kappa shape index (κ2) is 11.5. The molecule has 0 saturated heterocycles. The summed E-state index contributed by atoms with van der Waals surface area (Å²) in [4.78, 5) is 161. The van der Waals surface area contributed by atoms with Gasteiger partial charge in [-0.1, -0.05) is 0 Å². The third-order valence-corrected chi connectivity index (χ3v) is 27.8. The van der Waals surface area contributed by atoms with Crippen LogP contribution in [0.5, 0.6) is 0 Å². The number of carboxylic acid groups (broad SMARTS) is 4. The number of ketones is 8. The second-order valence-corrected chi connectivity index (χ2v) is 20.5. The van der Waals surface area contributed by atoms with Crippen LogP contribution in [0, 0.1) is 0 Å². The first-order chi connectivity index (χ1) is 18.3. The molecule has 0 aliphatic heterocycles. The van der Waals surface area contributed by atoms with Crippen LogP contribution < -0.4 is 0 Å². The monoisotopic (exact) mass is 662 g/mol. The van der Waals surface area contributed by atoms with E-state index in [0.29, 0.717) is 0 Å². The standard InChI is InChI=1S/4C6H7O4.Zr/c4*1-3(7)5(4(2)8)6(9)10;/h4*1-2H3,(H,9,10);. The van der Waals surface area contributed by atoms with Crippen molar-refractivity contribution >= 4 is 70.1 Å². The maximum atomic E-state index is 13.5. The molecular weight excluding hydrogens is 635 g/mol. The number of carbonyl (C=O) groups is 12. The number of carbonyl (C=O) groups excluding carboxylic acids is 8. The SMILES string of the molecule is CC(=O)[C](C(C)=O)(C(=O)O)[Zr]([C](C(C)=O)(C(C)=O)C(=O)O)([C](C(C)=O)(C(C)=O)C(=O)O)[C](C(C)=O)(C(C)=O)C(=O)O. The van der Waals surface area contributed by atoms with Crippen LogP contribution >= 0.6 is 0 Å². The molecule has 0 amide bonds. The van der Waals surface area contributed by atoms with Gasteiger partial charge in [0.2, 0.25) is 0 Å². The maximum absolute atomic E-state index is 13.5. The van der Waals surface area contributed by atoms with Gasteiger partial charge in [-0.05, 0) is 0 Å². The van der Waals surface area contributed by atoms with E-state index in [1.54, 1.807) is 0 Å². The zero-order valence-corrected chi connectivity index (χ0v) is 25.6. The molecular formula is C24H28O16Zr. The molecule has 0 aromatic carbocycles. The molecule has 41 heavy (non-hydrogen) atoms. The topological polar surface area (TPSA) is 286 Å². The summed E-state index contributed by atoms with van der Waals surface area (Å²) in [5.74, 6) is -28.6. The van der Waals surface area contributed by atoms with Crippen molar-refractivity contribution in [3.8, 4) is 0 Å². The van der Waals surface area contributed by atoms with Gasteiger partial charge >= 0.3 is 236 Å². The van der Waals surface area contributed by atoms with Gasteiger partial charge in [0.25, 0.3) is 0 Å². The molecule has 0 aromatic heterocycles. The summed E-state index contributed by atoms with van der Waals surface area (Å²) in [5, 5.41) is 42.4. The molecule has 0 unspecified atom stereocenters.